The molecule has 1 aromatic heterocycles. The predicted molar refractivity (Wildman–Crippen MR) is 112 cm³/mol. The number of carbonyl (C=O) groups is 1. The van der Waals surface area contributed by atoms with E-state index in [1.807, 2.05) is 54.1 Å². The van der Waals surface area contributed by atoms with Crippen molar-refractivity contribution in [3.63, 3.8) is 0 Å². The molecule has 0 spiro atoms. The molecule has 0 N–H and O–H groups in total. The number of Topliss-reactive ketones (excluding diaryl/α,β-unsaturated/α-hetero) is 1. The van der Waals surface area contributed by atoms with E-state index in [0.717, 1.165) is 52.4 Å². The summed E-state index contributed by atoms with van der Waals surface area (Å²) in [5.41, 5.74) is 4.78. The monoisotopic (exact) mass is 404 g/mol. The van der Waals surface area contributed by atoms with Gasteiger partial charge in [0.25, 0.3) is 0 Å². The highest BCUT2D eigenvalue weighted by atomic mass is 35.5. The molecule has 0 unspecified atom stereocenters. The minimum absolute atomic E-state index is 0.164. The highest BCUT2D eigenvalue weighted by molar-refractivity contribution is 6.30. The molecular weight excluding hydrogens is 384 g/mol. The summed E-state index contributed by atoms with van der Waals surface area (Å²) >= 11 is 6.30. The van der Waals surface area contributed by atoms with Crippen molar-refractivity contribution in [2.75, 3.05) is 0 Å². The molecule has 0 radical (unpaired) electrons. The number of allylic oxidation sites excluding steroid dienone is 2. The number of ether oxygens (including phenoxy) is 1. The van der Waals surface area contributed by atoms with Crippen LogP contribution in [0, 0.1) is 6.92 Å². The molecule has 3 aromatic rings. The molecule has 2 aliphatic rings. The van der Waals surface area contributed by atoms with Crippen LogP contribution in [0.2, 0.25) is 5.02 Å². The quantitative estimate of drug-likeness (QED) is 0.585. The molecule has 4 nitrogen and oxygen atoms in total. The van der Waals surface area contributed by atoms with Crippen molar-refractivity contribution in [3.05, 3.63) is 93.3 Å². The van der Waals surface area contributed by atoms with Crippen LogP contribution < -0.4 is 4.74 Å². The van der Waals surface area contributed by atoms with E-state index in [1.165, 1.54) is 0 Å². The van der Waals surface area contributed by atoms with Crippen molar-refractivity contribution in [2.45, 2.75) is 38.6 Å². The molecule has 1 atom stereocenters. The Morgan fingerprint density at radius 2 is 1.97 bits per heavy atom. The fourth-order valence-electron chi connectivity index (χ4n) is 4.42. The molecule has 0 fully saturated rings. The number of fused-ring (bicyclic) bond motifs is 1. The van der Waals surface area contributed by atoms with E-state index in [1.54, 1.807) is 0 Å². The van der Waals surface area contributed by atoms with E-state index < -0.39 is 0 Å². The molecule has 5 heteroatoms. The summed E-state index contributed by atoms with van der Waals surface area (Å²) in [6, 6.07) is 18.0. The fraction of sp³-hybridized carbons (Fsp3) is 0.250. The highest BCUT2D eigenvalue weighted by Gasteiger charge is 2.40. The lowest BCUT2D eigenvalue weighted by atomic mass is 9.77. The molecule has 0 saturated carbocycles. The maximum Gasteiger partial charge on any atom is 0.222 e. The van der Waals surface area contributed by atoms with Gasteiger partial charge in [0.05, 0.1) is 12.2 Å². The molecule has 5 rings (SSSR count). The van der Waals surface area contributed by atoms with Crippen LogP contribution in [-0.2, 0) is 11.3 Å². The normalized spacial score (nSPS) is 18.3. The SMILES string of the molecule is Cc1nn(Cc2ccccc2)c2c1[C@H](c1cccc(Cl)c1)C1=C(CCCC1=O)O2. The van der Waals surface area contributed by atoms with Gasteiger partial charge in [-0.3, -0.25) is 4.79 Å². The van der Waals surface area contributed by atoms with E-state index in [-0.39, 0.29) is 11.7 Å². The Balaban J connectivity index is 1.68. The topological polar surface area (TPSA) is 44.1 Å². The van der Waals surface area contributed by atoms with Gasteiger partial charge >= 0.3 is 0 Å². The summed E-state index contributed by atoms with van der Waals surface area (Å²) in [4.78, 5) is 12.9. The number of rotatable bonds is 3. The summed E-state index contributed by atoms with van der Waals surface area (Å²) in [5.74, 6) is 1.50. The summed E-state index contributed by atoms with van der Waals surface area (Å²) in [6.45, 7) is 2.61. The third kappa shape index (κ3) is 3.18. The number of carbonyl (C=O) groups excluding carboxylic acids is 1. The maximum absolute atomic E-state index is 12.9. The highest BCUT2D eigenvalue weighted by Crippen LogP contribution is 2.48. The lowest BCUT2D eigenvalue weighted by molar-refractivity contribution is -0.116. The Morgan fingerprint density at radius 1 is 1.14 bits per heavy atom. The van der Waals surface area contributed by atoms with E-state index in [9.17, 15) is 4.79 Å². The van der Waals surface area contributed by atoms with Crippen LogP contribution in [0.25, 0.3) is 0 Å². The number of benzene rings is 2. The third-order valence-corrected chi connectivity index (χ3v) is 5.92. The van der Waals surface area contributed by atoms with E-state index in [0.29, 0.717) is 18.0 Å². The van der Waals surface area contributed by atoms with Crippen molar-refractivity contribution in [1.82, 2.24) is 9.78 Å². The van der Waals surface area contributed by atoms with E-state index in [4.69, 9.17) is 21.4 Å². The zero-order valence-electron chi connectivity index (χ0n) is 16.2. The molecule has 2 aromatic carbocycles. The van der Waals surface area contributed by atoms with Gasteiger partial charge in [-0.15, -0.1) is 0 Å². The van der Waals surface area contributed by atoms with Gasteiger partial charge in [0.1, 0.15) is 5.76 Å². The maximum atomic E-state index is 12.9. The first-order chi connectivity index (χ1) is 14.1. The zero-order valence-corrected chi connectivity index (χ0v) is 16.9. The molecule has 0 bridgehead atoms. The summed E-state index contributed by atoms with van der Waals surface area (Å²) < 4.78 is 8.26. The first-order valence-corrected chi connectivity index (χ1v) is 10.3. The largest absolute Gasteiger partial charge is 0.443 e. The first kappa shape index (κ1) is 18.2. The lowest BCUT2D eigenvalue weighted by Gasteiger charge is -2.31. The van der Waals surface area contributed by atoms with Crippen LogP contribution in [0.1, 0.15) is 47.6 Å². The van der Waals surface area contributed by atoms with Crippen LogP contribution in [0.3, 0.4) is 0 Å². The summed E-state index contributed by atoms with van der Waals surface area (Å²) in [6.07, 6.45) is 2.15. The minimum Gasteiger partial charge on any atom is -0.443 e. The fourth-order valence-corrected chi connectivity index (χ4v) is 4.62. The van der Waals surface area contributed by atoms with Gasteiger partial charge in [0.2, 0.25) is 5.88 Å². The van der Waals surface area contributed by atoms with Gasteiger partial charge in [-0.05, 0) is 36.6 Å². The number of halogens is 1. The average molecular weight is 405 g/mol. The smallest absolute Gasteiger partial charge is 0.222 e. The number of nitrogens with zero attached hydrogens (tertiary/aromatic N) is 2. The third-order valence-electron chi connectivity index (χ3n) is 5.69. The molecule has 0 amide bonds. The number of hydrogen-bond donors (Lipinski definition) is 0. The second kappa shape index (κ2) is 7.20. The average Bonchev–Trinajstić information content (AvgIpc) is 3.02. The van der Waals surface area contributed by atoms with Crippen LogP contribution in [0.4, 0.5) is 0 Å². The van der Waals surface area contributed by atoms with Crippen molar-refractivity contribution in [3.8, 4) is 5.88 Å². The zero-order chi connectivity index (χ0) is 20.0. The van der Waals surface area contributed by atoms with Crippen LogP contribution in [-0.4, -0.2) is 15.6 Å². The van der Waals surface area contributed by atoms with Crippen molar-refractivity contribution >= 4 is 17.4 Å². The number of aromatic nitrogens is 2. The van der Waals surface area contributed by atoms with Gasteiger partial charge in [0.15, 0.2) is 5.78 Å². The summed E-state index contributed by atoms with van der Waals surface area (Å²) in [7, 11) is 0. The Kier molecular flexibility index (Phi) is 4.51. The van der Waals surface area contributed by atoms with Gasteiger partial charge < -0.3 is 4.74 Å². The molecule has 146 valence electrons. The second-order valence-electron chi connectivity index (χ2n) is 7.65. The van der Waals surface area contributed by atoms with Crippen molar-refractivity contribution in [1.29, 1.82) is 0 Å². The Morgan fingerprint density at radius 3 is 2.76 bits per heavy atom. The molecule has 2 heterocycles. The molecule has 1 aliphatic carbocycles. The second-order valence-corrected chi connectivity index (χ2v) is 8.09. The van der Waals surface area contributed by atoms with E-state index in [2.05, 4.69) is 12.1 Å². The van der Waals surface area contributed by atoms with Crippen LogP contribution in [0.5, 0.6) is 5.88 Å². The summed E-state index contributed by atoms with van der Waals surface area (Å²) in [5, 5.41) is 5.45. The van der Waals surface area contributed by atoms with Crippen molar-refractivity contribution in [2.24, 2.45) is 0 Å². The number of hydrogen-bond acceptors (Lipinski definition) is 3. The molecule has 29 heavy (non-hydrogen) atoms. The van der Waals surface area contributed by atoms with Gasteiger partial charge in [0, 0.05) is 34.9 Å². The predicted octanol–water partition coefficient (Wildman–Crippen LogP) is 5.42. The van der Waals surface area contributed by atoms with Crippen LogP contribution >= 0.6 is 11.6 Å². The number of aryl methyl sites for hydroxylation is 1. The Labute approximate surface area is 174 Å². The molecule has 0 saturated heterocycles. The minimum atomic E-state index is -0.190. The molecular formula is C24H21ClN2O2. The van der Waals surface area contributed by atoms with E-state index >= 15 is 0 Å². The number of ketones is 1. The van der Waals surface area contributed by atoms with Crippen LogP contribution in [0.15, 0.2) is 65.9 Å². The van der Waals surface area contributed by atoms with Gasteiger partial charge in [-0.1, -0.05) is 54.1 Å². The lowest BCUT2D eigenvalue weighted by Crippen LogP contribution is -2.26. The first-order valence-electron chi connectivity index (χ1n) is 9.92. The standard InChI is InChI=1S/C24H21ClN2O2/c1-15-21-22(17-9-5-10-18(25)13-17)23-19(28)11-6-12-20(23)29-24(21)27(26-15)14-16-7-3-2-4-8-16/h2-5,7-10,13,22H,6,11-12,14H2,1H3/t22-/m0/s1. The molecule has 1 aliphatic heterocycles. The Hall–Kier alpha value is -2.85. The van der Waals surface area contributed by atoms with Gasteiger partial charge in [-0.25, -0.2) is 4.68 Å². The Bertz CT molecular complexity index is 1130. The van der Waals surface area contributed by atoms with Gasteiger partial charge in [-0.2, -0.15) is 5.10 Å². The van der Waals surface area contributed by atoms with Crippen molar-refractivity contribution < 1.29 is 9.53 Å².